The van der Waals surface area contributed by atoms with Crippen molar-refractivity contribution in [1.82, 2.24) is 5.32 Å². The summed E-state index contributed by atoms with van der Waals surface area (Å²) < 4.78 is 5.28. The number of aromatic hydroxyl groups is 1. The van der Waals surface area contributed by atoms with Gasteiger partial charge in [0, 0.05) is 17.5 Å². The zero-order chi connectivity index (χ0) is 34.1. The molecule has 5 rings (SSSR count). The molecule has 0 heterocycles. The number of para-hydroxylation sites is 1. The number of primary amides is 1. The van der Waals surface area contributed by atoms with Crippen LogP contribution in [-0.2, 0) is 22.6 Å². The maximum Gasteiger partial charge on any atom is 0.412 e. The fraction of sp³-hybridized carbons (Fsp3) is 0.543. The number of hydrogen-bond acceptors (Lipinski definition) is 9. The standard InChI is InChI=1S/C35H44N2O9/c1-16(2)20-12-18(14-37-32(44)46-19-10-8-7-9-11-19)26(38)22-21(20)13-33(5)15-34(6)24(17(3)4)28(40)23(31(36)43)29(41)35(34,45)30(42)25(33)27(22)39/h7-12,16-17,23-25,28,30,38,40,42,45H,13-15H2,1-6H3,(H2,36,43)(H,37,44)/t23-,24+,25-,28?,30?,33-,34-,35+/m1/s1. The van der Waals surface area contributed by atoms with E-state index in [-0.39, 0.29) is 48.1 Å². The molecule has 3 aliphatic carbocycles. The van der Waals surface area contributed by atoms with Crippen molar-refractivity contribution in [1.29, 1.82) is 0 Å². The van der Waals surface area contributed by atoms with Crippen molar-refractivity contribution in [2.45, 2.75) is 84.7 Å². The number of Topliss-reactive ketones (excluding diaryl/α,β-unsaturated/α-hetero) is 2. The minimum atomic E-state index is -2.59. The number of hydrogen-bond donors (Lipinski definition) is 6. The van der Waals surface area contributed by atoms with E-state index in [4.69, 9.17) is 10.5 Å². The summed E-state index contributed by atoms with van der Waals surface area (Å²) in [6, 6.07) is 10.2. The van der Waals surface area contributed by atoms with E-state index < -0.39 is 70.0 Å². The number of benzene rings is 2. The zero-order valence-corrected chi connectivity index (χ0v) is 27.0. The van der Waals surface area contributed by atoms with Crippen LogP contribution in [0, 0.1) is 34.5 Å². The summed E-state index contributed by atoms with van der Waals surface area (Å²) in [5.74, 6) is -7.31. The van der Waals surface area contributed by atoms with E-state index in [0.717, 1.165) is 5.56 Å². The third-order valence-corrected chi connectivity index (χ3v) is 10.9. The summed E-state index contributed by atoms with van der Waals surface area (Å²) in [6.45, 7) is 10.8. The highest BCUT2D eigenvalue weighted by Gasteiger charge is 2.76. The van der Waals surface area contributed by atoms with Crippen LogP contribution in [0.1, 0.15) is 80.9 Å². The first-order chi connectivity index (χ1) is 21.4. The number of amides is 2. The molecule has 248 valence electrons. The summed E-state index contributed by atoms with van der Waals surface area (Å²) in [5, 5.41) is 49.8. The lowest BCUT2D eigenvalue weighted by Gasteiger charge is -2.66. The van der Waals surface area contributed by atoms with Gasteiger partial charge in [0.05, 0.1) is 17.6 Å². The van der Waals surface area contributed by atoms with Gasteiger partial charge in [0.2, 0.25) is 5.91 Å². The van der Waals surface area contributed by atoms with Crippen molar-refractivity contribution in [2.75, 3.05) is 0 Å². The van der Waals surface area contributed by atoms with Gasteiger partial charge in [0.1, 0.15) is 23.5 Å². The van der Waals surface area contributed by atoms with E-state index in [1.807, 2.05) is 20.8 Å². The van der Waals surface area contributed by atoms with Crippen LogP contribution in [0.5, 0.6) is 11.5 Å². The number of nitrogens with one attached hydrogen (secondary N) is 1. The molecule has 2 fully saturated rings. The number of ketones is 2. The molecular formula is C35H44N2O9. The molecule has 0 aromatic heterocycles. The SMILES string of the molecule is CC(C)c1cc(CNC(=O)Oc2ccccc2)c(O)c2c1C[C@]1(C)C[C@]3(C)[C@@H](C(C)C)C(O)[C@@H](C(N)=O)C(=O)[C@]3(O)C(O)[C@H]1C2=O. The molecule has 0 spiro atoms. The lowest BCUT2D eigenvalue weighted by molar-refractivity contribution is -0.265. The number of aliphatic hydroxyl groups excluding tert-OH is 2. The minimum Gasteiger partial charge on any atom is -0.507 e. The predicted molar refractivity (Wildman–Crippen MR) is 167 cm³/mol. The van der Waals surface area contributed by atoms with Gasteiger partial charge in [-0.25, -0.2) is 4.79 Å². The van der Waals surface area contributed by atoms with Crippen LogP contribution in [0.2, 0.25) is 0 Å². The largest absolute Gasteiger partial charge is 0.507 e. The topological polar surface area (TPSA) is 196 Å². The van der Waals surface area contributed by atoms with Crippen LogP contribution >= 0.6 is 0 Å². The van der Waals surface area contributed by atoms with Crippen molar-refractivity contribution < 1.29 is 44.3 Å². The Kier molecular flexibility index (Phi) is 8.37. The molecule has 11 heteroatoms. The maximum atomic E-state index is 14.5. The number of fused-ring (bicyclic) bond motifs is 3. The van der Waals surface area contributed by atoms with E-state index >= 15 is 0 Å². The summed E-state index contributed by atoms with van der Waals surface area (Å²) in [7, 11) is 0. The van der Waals surface area contributed by atoms with Gasteiger partial charge in [-0.3, -0.25) is 14.4 Å². The van der Waals surface area contributed by atoms with Crippen LogP contribution < -0.4 is 15.8 Å². The first-order valence-electron chi connectivity index (χ1n) is 15.7. The van der Waals surface area contributed by atoms with Crippen molar-refractivity contribution in [3.05, 3.63) is 58.7 Å². The molecule has 2 unspecified atom stereocenters. The molecule has 7 N–H and O–H groups in total. The highest BCUT2D eigenvalue weighted by molar-refractivity contribution is 6.09. The Morgan fingerprint density at radius 3 is 2.28 bits per heavy atom. The first kappa shape index (κ1) is 33.6. The highest BCUT2D eigenvalue weighted by atomic mass is 16.6. The molecule has 8 atom stereocenters. The molecule has 11 nitrogen and oxygen atoms in total. The number of rotatable bonds is 6. The molecule has 2 aromatic carbocycles. The third kappa shape index (κ3) is 4.82. The molecule has 46 heavy (non-hydrogen) atoms. The number of carbonyl (C=O) groups excluding carboxylic acids is 4. The number of carbonyl (C=O) groups is 4. The average molecular weight is 637 g/mol. The molecule has 2 aromatic rings. The third-order valence-electron chi connectivity index (χ3n) is 10.9. The predicted octanol–water partition coefficient (Wildman–Crippen LogP) is 2.98. The molecule has 3 aliphatic rings. The second-order valence-corrected chi connectivity index (χ2v) is 14.5. The minimum absolute atomic E-state index is 0.0386. The Balaban J connectivity index is 1.59. The number of phenolic OH excluding ortho intramolecular Hbond substituents is 1. The summed E-state index contributed by atoms with van der Waals surface area (Å²) >= 11 is 0. The second-order valence-electron chi connectivity index (χ2n) is 14.5. The van der Waals surface area contributed by atoms with Crippen LogP contribution in [0.15, 0.2) is 36.4 Å². The summed E-state index contributed by atoms with van der Waals surface area (Å²) in [5.41, 5.74) is 2.09. The van der Waals surface area contributed by atoms with Crippen molar-refractivity contribution in [2.24, 2.45) is 40.2 Å². The van der Waals surface area contributed by atoms with Crippen LogP contribution in [-0.4, -0.2) is 61.8 Å². The number of aliphatic hydroxyl groups is 3. The van der Waals surface area contributed by atoms with Gasteiger partial charge in [-0.2, -0.15) is 0 Å². The average Bonchev–Trinajstić information content (AvgIpc) is 2.94. The van der Waals surface area contributed by atoms with Gasteiger partial charge in [-0.05, 0) is 65.3 Å². The van der Waals surface area contributed by atoms with Crippen LogP contribution in [0.25, 0.3) is 0 Å². The van der Waals surface area contributed by atoms with Crippen LogP contribution in [0.3, 0.4) is 0 Å². The summed E-state index contributed by atoms with van der Waals surface area (Å²) in [4.78, 5) is 53.4. The van der Waals surface area contributed by atoms with Gasteiger partial charge in [0.15, 0.2) is 17.2 Å². The lowest BCUT2D eigenvalue weighted by Crippen LogP contribution is -2.79. The van der Waals surface area contributed by atoms with Gasteiger partial charge >= 0.3 is 6.09 Å². The van der Waals surface area contributed by atoms with Crippen molar-refractivity contribution >= 4 is 23.6 Å². The van der Waals surface area contributed by atoms with E-state index in [1.54, 1.807) is 57.2 Å². The van der Waals surface area contributed by atoms with E-state index in [2.05, 4.69) is 5.32 Å². The number of phenols is 1. The fourth-order valence-corrected chi connectivity index (χ4v) is 9.13. The molecule has 2 amide bonds. The maximum absolute atomic E-state index is 14.5. The van der Waals surface area contributed by atoms with Gasteiger partial charge in [-0.15, -0.1) is 0 Å². The molecule has 0 radical (unpaired) electrons. The Labute approximate surface area is 268 Å². The molecule has 0 aliphatic heterocycles. The molecular weight excluding hydrogens is 592 g/mol. The van der Waals surface area contributed by atoms with Gasteiger partial charge in [0.25, 0.3) is 0 Å². The molecule has 0 saturated heterocycles. The van der Waals surface area contributed by atoms with Gasteiger partial charge in [-0.1, -0.05) is 59.7 Å². The van der Waals surface area contributed by atoms with E-state index in [1.165, 1.54) is 0 Å². The Hall–Kier alpha value is -3.80. The first-order valence-corrected chi connectivity index (χ1v) is 15.7. The van der Waals surface area contributed by atoms with Crippen LogP contribution in [0.4, 0.5) is 4.79 Å². The Bertz CT molecular complexity index is 1590. The smallest absolute Gasteiger partial charge is 0.412 e. The number of ether oxygens (including phenoxy) is 1. The fourth-order valence-electron chi connectivity index (χ4n) is 9.13. The normalized spacial score (nSPS) is 33.7. The highest BCUT2D eigenvalue weighted by Crippen LogP contribution is 2.66. The van der Waals surface area contributed by atoms with Gasteiger partial charge < -0.3 is 36.2 Å². The van der Waals surface area contributed by atoms with E-state index in [9.17, 15) is 39.6 Å². The number of nitrogens with two attached hydrogens (primary N) is 1. The quantitative estimate of drug-likeness (QED) is 0.258. The van der Waals surface area contributed by atoms with Crippen molar-refractivity contribution in [3.63, 3.8) is 0 Å². The van der Waals surface area contributed by atoms with E-state index in [0.29, 0.717) is 11.3 Å². The second kappa shape index (κ2) is 11.5. The Morgan fingerprint density at radius 1 is 1.09 bits per heavy atom. The summed E-state index contributed by atoms with van der Waals surface area (Å²) in [6.07, 6.45) is -3.94. The zero-order valence-electron chi connectivity index (χ0n) is 27.0. The molecule has 0 bridgehead atoms. The van der Waals surface area contributed by atoms with Crippen molar-refractivity contribution in [3.8, 4) is 11.5 Å². The Morgan fingerprint density at radius 2 is 1.72 bits per heavy atom. The lowest BCUT2D eigenvalue weighted by atomic mass is 9.39. The molecule has 2 saturated carbocycles. The monoisotopic (exact) mass is 636 g/mol.